The van der Waals surface area contributed by atoms with Crippen LogP contribution < -0.4 is 18.9 Å². The van der Waals surface area contributed by atoms with Crippen molar-refractivity contribution >= 4 is 222 Å². The number of thiocarbonyl (C=S) groups is 2. The number of amides is 2. The van der Waals surface area contributed by atoms with E-state index in [9.17, 15) is 9.59 Å². The van der Waals surface area contributed by atoms with E-state index < -0.39 is 10.8 Å². The lowest BCUT2D eigenvalue weighted by Crippen LogP contribution is -2.29. The lowest BCUT2D eigenvalue weighted by molar-refractivity contribution is -0.122. The maximum atomic E-state index is 13.8. The molecule has 0 saturated carbocycles. The first-order valence-electron chi connectivity index (χ1n) is 52.6. The third kappa shape index (κ3) is 22.1. The highest BCUT2D eigenvalue weighted by Crippen LogP contribution is 2.73. The molecule has 2 aliphatic carbocycles. The van der Waals surface area contributed by atoms with Crippen LogP contribution in [0.3, 0.4) is 0 Å². The first kappa shape index (κ1) is 102. The molecule has 0 spiro atoms. The molecule has 2 saturated heterocycles. The molecule has 4 aliphatic rings. The minimum atomic E-state index is -0.870. The first-order valence-corrected chi connectivity index (χ1v) is 61.4. The highest BCUT2D eigenvalue weighted by atomic mass is 32.2. The summed E-state index contributed by atoms with van der Waals surface area (Å²) >= 11 is 28.1. The van der Waals surface area contributed by atoms with Gasteiger partial charge in [0.15, 0.2) is 0 Å². The summed E-state index contributed by atoms with van der Waals surface area (Å²) < 4.78 is 56.2. The van der Waals surface area contributed by atoms with Crippen LogP contribution in [0.1, 0.15) is 354 Å². The smallest absolute Gasteiger partial charge is 0.266 e. The summed E-state index contributed by atoms with van der Waals surface area (Å²) in [6.45, 7) is 16.8. The maximum Gasteiger partial charge on any atom is 0.266 e. The summed E-state index contributed by atoms with van der Waals surface area (Å²) in [5.41, 5.74) is 15.1. The molecule has 12 nitrogen and oxygen atoms in total. The van der Waals surface area contributed by atoms with Crippen LogP contribution >= 0.6 is 139 Å². The molecule has 2 fully saturated rings. The lowest BCUT2D eigenvalue weighted by Gasteiger charge is -2.34. The zero-order valence-corrected chi connectivity index (χ0v) is 92.2. The van der Waals surface area contributed by atoms with Crippen molar-refractivity contribution in [1.82, 2.24) is 27.3 Å². The number of fused-ring (bicyclic) bond motifs is 15. The van der Waals surface area contributed by atoms with Gasteiger partial charge in [0.1, 0.15) is 53.7 Å². The Hall–Kier alpha value is -7.56. The van der Waals surface area contributed by atoms with Gasteiger partial charge in [0.2, 0.25) is 0 Å². The Kier molecular flexibility index (Phi) is 36.3. The zero-order valence-electron chi connectivity index (χ0n) is 82.4. The predicted molar refractivity (Wildman–Crippen MR) is 614 cm³/mol. The van der Waals surface area contributed by atoms with E-state index in [4.69, 9.17) is 60.9 Å². The van der Waals surface area contributed by atoms with Crippen LogP contribution in [0.25, 0.3) is 103 Å². The molecule has 2 amide bonds. The lowest BCUT2D eigenvalue weighted by atomic mass is 9.67. The van der Waals surface area contributed by atoms with Gasteiger partial charge in [-0.05, 0) is 135 Å². The second kappa shape index (κ2) is 49.6. The Morgan fingerprint density at radius 3 is 0.829 bits per heavy atom. The summed E-state index contributed by atoms with van der Waals surface area (Å²) in [5.74, 6) is 3.37. The number of ether oxygens (including phenoxy) is 4. The number of aromatic nitrogens is 4. The summed E-state index contributed by atoms with van der Waals surface area (Å²) in [5, 5.41) is 0. The Morgan fingerprint density at radius 1 is 0.300 bits per heavy atom. The second-order valence-electron chi connectivity index (χ2n) is 38.4. The van der Waals surface area contributed by atoms with Crippen molar-refractivity contribution in [2.24, 2.45) is 0 Å². The van der Waals surface area contributed by atoms with Gasteiger partial charge in [0.25, 0.3) is 11.8 Å². The van der Waals surface area contributed by atoms with Crippen molar-refractivity contribution in [2.45, 2.75) is 309 Å². The molecule has 6 aromatic carbocycles. The molecular formula is C116H134N6O6S12. The van der Waals surface area contributed by atoms with Gasteiger partial charge in [-0.2, -0.15) is 17.5 Å². The Labute approximate surface area is 880 Å². The van der Waals surface area contributed by atoms with Crippen LogP contribution in [0, 0.1) is 0 Å². The van der Waals surface area contributed by atoms with Crippen molar-refractivity contribution in [2.75, 3.05) is 39.5 Å². The number of benzene rings is 6. The van der Waals surface area contributed by atoms with Crippen LogP contribution in [-0.4, -0.2) is 87.3 Å². The molecule has 24 heteroatoms. The van der Waals surface area contributed by atoms with Gasteiger partial charge >= 0.3 is 0 Å². The van der Waals surface area contributed by atoms with Crippen LogP contribution in [0.4, 0.5) is 0 Å². The minimum Gasteiger partial charge on any atom is -0.494 e. The monoisotopic (exact) mass is 2090 g/mol. The van der Waals surface area contributed by atoms with Gasteiger partial charge in [-0.1, -0.05) is 380 Å². The largest absolute Gasteiger partial charge is 0.494 e. The van der Waals surface area contributed by atoms with E-state index in [1.54, 1.807) is 9.80 Å². The Bertz CT molecular complexity index is 6100. The molecule has 140 heavy (non-hydrogen) atoms. The maximum absolute atomic E-state index is 13.8. The first-order chi connectivity index (χ1) is 68.9. The molecule has 0 N–H and O–H groups in total. The van der Waals surface area contributed by atoms with Gasteiger partial charge < -0.3 is 18.9 Å². The molecule has 18 rings (SSSR count). The number of carbonyl (C=O) groups excluding carboxylic acids is 2. The molecule has 8 aromatic heterocycles. The molecule has 0 radical (unpaired) electrons. The third-order valence-electron chi connectivity index (χ3n) is 28.8. The van der Waals surface area contributed by atoms with Crippen LogP contribution in [0.15, 0.2) is 143 Å². The third-order valence-corrected chi connectivity index (χ3v) is 40.3. The molecule has 14 aromatic rings. The number of likely N-dealkylation sites (N-methyl/N-ethyl adjacent to an activating group) is 2. The number of thioether (sulfide) groups is 2. The number of rotatable bonds is 58. The molecule has 0 bridgehead atoms. The average molecular weight is 2090 g/mol. The summed E-state index contributed by atoms with van der Waals surface area (Å²) in [4.78, 5) is 39.5. The van der Waals surface area contributed by atoms with Crippen molar-refractivity contribution in [1.29, 1.82) is 0 Å². The number of hydrogen-bond donors (Lipinski definition) is 0. The SMILES string of the molecule is CCCCCCCCCCCCOc1ccc(C2(c3ccc(OCCCCCCCCCCCC)cc3)c3c(sc4cc(-c5ccc(/C=C6\SC(=S)N(CC)C6=O)c6nsnc56)sc34)-c3sc4c5c(sc4c32)-c2sc3cc(-c4ccc(/C=C6\SC(=S)N(CC)C6=O)c6nsnc46)sc3c2C5(c2ccc(OCCCCCCCCCCCC)cc2)c2ccc(OCCCCCCCCCCCC)cc2)cc1. The van der Waals surface area contributed by atoms with Crippen molar-refractivity contribution < 1.29 is 28.5 Å². The minimum absolute atomic E-state index is 0.0746. The summed E-state index contributed by atoms with van der Waals surface area (Å²) in [6.07, 6.45) is 54.5. The van der Waals surface area contributed by atoms with Gasteiger partial charge in [0, 0.05) is 76.8 Å². The fourth-order valence-corrected chi connectivity index (χ4v) is 34.1. The number of nitrogens with zero attached hydrogens (tertiary/aromatic N) is 6. The fraction of sp³-hybridized carbons (Fsp3) is 0.466. The highest BCUT2D eigenvalue weighted by molar-refractivity contribution is 8.27. The molecule has 0 atom stereocenters. The number of thiophene rings is 6. The standard InChI is InChI=1S/C116H134N6O6S12/c1-7-13-17-21-25-29-33-37-41-45-69-125-83-59-51-79(52-60-83)115(80-53-61-84(62-54-80)126-70-46-42-38-34-30-26-22-18-14-8-2)95-103-91(75-89(131-103)87-67-49-77(99-101(87)119-139-117-99)73-93-111(123)121(11-5)113(129)135-93)133-105(95)107-97(115)109-110(137-107)98-108(138-109)106-96(104-92(134-106)76-90(132-104)88-68-50-78(100-102(88)120-140-118-100)74-94-112(124)122(12-6)114(130)136-94)116(98,81-55-63-85(64-56-81)127-71-47-43-39-35-31-27-23-19-15-9-3)82-57-65-86(66-58-82)128-72-48-44-40-36-32-28-24-20-16-10-4/h49-68,73-76H,7-48,69-72H2,1-6H3/b93-73-,94-74-. The van der Waals surface area contributed by atoms with E-state index in [-0.39, 0.29) is 11.8 Å². The predicted octanol–water partition coefficient (Wildman–Crippen LogP) is 37.2. The van der Waals surface area contributed by atoms with E-state index >= 15 is 0 Å². The van der Waals surface area contributed by atoms with Crippen molar-refractivity contribution in [3.63, 3.8) is 0 Å². The van der Waals surface area contributed by atoms with E-state index in [0.717, 1.165) is 128 Å². The van der Waals surface area contributed by atoms with E-state index in [0.29, 0.717) is 58.0 Å². The Morgan fingerprint density at radius 2 is 0.557 bits per heavy atom. The van der Waals surface area contributed by atoms with Crippen LogP contribution in [0.2, 0.25) is 0 Å². The molecule has 2 aliphatic heterocycles. The summed E-state index contributed by atoms with van der Waals surface area (Å²) in [7, 11) is 0. The van der Waals surface area contributed by atoms with Gasteiger partial charge in [-0.15, -0.1) is 68.0 Å². The number of carbonyl (C=O) groups is 2. The van der Waals surface area contributed by atoms with Crippen molar-refractivity contribution in [3.8, 4) is 63.4 Å². The second-order valence-corrected chi connectivity index (χ2v) is 49.0. The number of hydrogen-bond acceptors (Lipinski definition) is 22. The molecule has 736 valence electrons. The highest BCUT2D eigenvalue weighted by Gasteiger charge is 2.57. The van der Waals surface area contributed by atoms with Gasteiger partial charge in [-0.25, -0.2) is 0 Å². The van der Waals surface area contributed by atoms with E-state index in [2.05, 4.69) is 161 Å². The number of unbranched alkanes of at least 4 members (excludes halogenated alkanes) is 36. The van der Waals surface area contributed by atoms with E-state index in [1.807, 2.05) is 94.0 Å². The Balaban J connectivity index is 0.794. The normalized spacial score (nSPS) is 14.9. The quantitative estimate of drug-likeness (QED) is 0.0204. The average Bonchev–Trinajstić information content (AvgIpc) is 1.47. The molecular weight excluding hydrogens is 1960 g/mol. The van der Waals surface area contributed by atoms with Gasteiger partial charge in [0.05, 0.1) is 109 Å². The van der Waals surface area contributed by atoms with Crippen LogP contribution in [0.5, 0.6) is 23.0 Å². The van der Waals surface area contributed by atoms with Crippen LogP contribution in [-0.2, 0) is 20.4 Å². The topological polar surface area (TPSA) is 129 Å². The van der Waals surface area contributed by atoms with E-state index in [1.165, 1.54) is 345 Å². The van der Waals surface area contributed by atoms with Crippen molar-refractivity contribution in [3.05, 3.63) is 199 Å². The summed E-state index contributed by atoms with van der Waals surface area (Å²) in [6, 6.07) is 50.8. The molecule has 0 unspecified atom stereocenters. The zero-order chi connectivity index (χ0) is 96.3. The fourth-order valence-electron chi connectivity index (χ4n) is 21.3. The molecule has 10 heterocycles. The van der Waals surface area contributed by atoms with Gasteiger partial charge in [-0.3, -0.25) is 19.4 Å².